The molecule has 0 atom stereocenters. The van der Waals surface area contributed by atoms with Crippen LogP contribution in [-0.2, 0) is 11.2 Å². The molecular formula is C16H25BrFNO. The molecule has 0 aromatic heterocycles. The molecule has 0 saturated heterocycles. The van der Waals surface area contributed by atoms with Crippen molar-refractivity contribution < 1.29 is 9.13 Å². The van der Waals surface area contributed by atoms with E-state index in [-0.39, 0.29) is 11.2 Å². The van der Waals surface area contributed by atoms with E-state index < -0.39 is 0 Å². The lowest BCUT2D eigenvalue weighted by Gasteiger charge is -2.32. The standard InChI is InChI=1S/C16H25BrFNO/c1-4-16(5-2,12-19-8-9-20-3)11-13-6-7-14(18)10-15(13)17/h6-7,10,19H,4-5,8-9,11-12H2,1-3H3. The van der Waals surface area contributed by atoms with Crippen LogP contribution in [0.3, 0.4) is 0 Å². The van der Waals surface area contributed by atoms with Crippen LogP contribution in [-0.4, -0.2) is 26.8 Å². The largest absolute Gasteiger partial charge is 0.383 e. The van der Waals surface area contributed by atoms with Crippen LogP contribution in [0.25, 0.3) is 0 Å². The van der Waals surface area contributed by atoms with Gasteiger partial charge in [-0.1, -0.05) is 35.8 Å². The van der Waals surface area contributed by atoms with Crippen LogP contribution in [0.5, 0.6) is 0 Å². The summed E-state index contributed by atoms with van der Waals surface area (Å²) in [5, 5.41) is 3.47. The highest BCUT2D eigenvalue weighted by atomic mass is 79.9. The Kier molecular flexibility index (Phi) is 7.70. The van der Waals surface area contributed by atoms with Crippen LogP contribution >= 0.6 is 15.9 Å². The molecule has 0 aliphatic rings. The molecule has 0 aliphatic heterocycles. The molecule has 0 radical (unpaired) electrons. The first-order valence-electron chi connectivity index (χ1n) is 7.20. The van der Waals surface area contributed by atoms with E-state index in [1.54, 1.807) is 13.2 Å². The number of hydrogen-bond donors (Lipinski definition) is 1. The molecule has 0 bridgehead atoms. The maximum Gasteiger partial charge on any atom is 0.124 e. The van der Waals surface area contributed by atoms with Crippen molar-refractivity contribution in [3.8, 4) is 0 Å². The van der Waals surface area contributed by atoms with Gasteiger partial charge < -0.3 is 10.1 Å². The zero-order valence-corrected chi connectivity index (χ0v) is 14.2. The molecule has 2 nitrogen and oxygen atoms in total. The van der Waals surface area contributed by atoms with Crippen molar-refractivity contribution in [3.05, 3.63) is 34.1 Å². The second-order valence-corrected chi connectivity index (χ2v) is 6.14. The fraction of sp³-hybridized carbons (Fsp3) is 0.625. The zero-order chi connectivity index (χ0) is 15.0. The maximum atomic E-state index is 13.2. The first-order valence-corrected chi connectivity index (χ1v) is 8.00. The summed E-state index contributed by atoms with van der Waals surface area (Å²) in [6.45, 7) is 6.98. The lowest BCUT2D eigenvalue weighted by Crippen LogP contribution is -2.36. The Bertz CT molecular complexity index is 407. The van der Waals surface area contributed by atoms with E-state index >= 15 is 0 Å². The SMILES string of the molecule is CCC(CC)(CNCCOC)Cc1ccc(F)cc1Br. The van der Waals surface area contributed by atoms with Gasteiger partial charge in [-0.3, -0.25) is 0 Å². The molecule has 0 amide bonds. The van der Waals surface area contributed by atoms with Gasteiger partial charge in [0.2, 0.25) is 0 Å². The summed E-state index contributed by atoms with van der Waals surface area (Å²) in [6, 6.07) is 4.97. The summed E-state index contributed by atoms with van der Waals surface area (Å²) < 4.78 is 19.1. The average molecular weight is 346 g/mol. The van der Waals surface area contributed by atoms with Gasteiger partial charge in [-0.15, -0.1) is 0 Å². The summed E-state index contributed by atoms with van der Waals surface area (Å²) >= 11 is 3.47. The molecule has 4 heteroatoms. The number of rotatable bonds is 9. The fourth-order valence-electron chi connectivity index (χ4n) is 2.41. The van der Waals surface area contributed by atoms with Gasteiger partial charge in [0.15, 0.2) is 0 Å². The number of hydrogen-bond acceptors (Lipinski definition) is 2. The second kappa shape index (κ2) is 8.75. The molecule has 1 aromatic rings. The topological polar surface area (TPSA) is 21.3 Å². The van der Waals surface area contributed by atoms with E-state index in [2.05, 4.69) is 35.1 Å². The summed E-state index contributed by atoms with van der Waals surface area (Å²) in [4.78, 5) is 0. The minimum atomic E-state index is -0.197. The zero-order valence-electron chi connectivity index (χ0n) is 12.6. The van der Waals surface area contributed by atoms with Crippen molar-refractivity contribution in [2.24, 2.45) is 5.41 Å². The molecule has 1 aromatic carbocycles. The first kappa shape index (κ1) is 17.6. The molecule has 114 valence electrons. The maximum absolute atomic E-state index is 13.2. The van der Waals surface area contributed by atoms with E-state index in [0.29, 0.717) is 0 Å². The van der Waals surface area contributed by atoms with E-state index in [1.165, 1.54) is 11.6 Å². The second-order valence-electron chi connectivity index (χ2n) is 5.29. The Hall–Kier alpha value is -0.450. The lowest BCUT2D eigenvalue weighted by atomic mass is 9.77. The predicted molar refractivity (Wildman–Crippen MR) is 85.6 cm³/mol. The molecule has 0 saturated carbocycles. The van der Waals surface area contributed by atoms with Crippen molar-refractivity contribution in [3.63, 3.8) is 0 Å². The van der Waals surface area contributed by atoms with E-state index in [1.807, 2.05) is 6.07 Å². The molecule has 0 fully saturated rings. The normalized spacial score (nSPS) is 11.8. The number of ether oxygens (including phenoxy) is 1. The Morgan fingerprint density at radius 3 is 2.55 bits per heavy atom. The van der Waals surface area contributed by atoms with E-state index in [9.17, 15) is 4.39 Å². The van der Waals surface area contributed by atoms with Gasteiger partial charge in [0, 0.05) is 24.7 Å². The Labute approximate surface area is 130 Å². The van der Waals surface area contributed by atoms with Crippen molar-refractivity contribution >= 4 is 15.9 Å². The van der Waals surface area contributed by atoms with Crippen LogP contribution in [0.1, 0.15) is 32.3 Å². The quantitative estimate of drug-likeness (QED) is 0.678. The van der Waals surface area contributed by atoms with Gasteiger partial charge in [-0.25, -0.2) is 4.39 Å². The molecular weight excluding hydrogens is 321 g/mol. The highest BCUT2D eigenvalue weighted by molar-refractivity contribution is 9.10. The van der Waals surface area contributed by atoms with E-state index in [0.717, 1.165) is 43.4 Å². The van der Waals surface area contributed by atoms with Gasteiger partial charge in [-0.2, -0.15) is 0 Å². The van der Waals surface area contributed by atoms with Gasteiger partial charge in [-0.05, 0) is 42.4 Å². The van der Waals surface area contributed by atoms with Crippen molar-refractivity contribution in [2.45, 2.75) is 33.1 Å². The summed E-state index contributed by atoms with van der Waals surface area (Å²) in [7, 11) is 1.71. The van der Waals surface area contributed by atoms with Crippen LogP contribution in [0, 0.1) is 11.2 Å². The minimum absolute atomic E-state index is 0.197. The molecule has 0 heterocycles. The number of halogens is 2. The third-order valence-corrected chi connectivity index (χ3v) is 4.80. The molecule has 0 aliphatic carbocycles. The average Bonchev–Trinajstić information content (AvgIpc) is 2.45. The van der Waals surface area contributed by atoms with Crippen LogP contribution in [0.4, 0.5) is 4.39 Å². The predicted octanol–water partition coefficient (Wildman–Crippen LogP) is 4.17. The van der Waals surface area contributed by atoms with Gasteiger partial charge in [0.25, 0.3) is 0 Å². The number of benzene rings is 1. The smallest absolute Gasteiger partial charge is 0.124 e. The van der Waals surface area contributed by atoms with Gasteiger partial charge >= 0.3 is 0 Å². The van der Waals surface area contributed by atoms with Crippen molar-refractivity contribution in [1.82, 2.24) is 5.32 Å². The van der Waals surface area contributed by atoms with Crippen LogP contribution < -0.4 is 5.32 Å². The number of nitrogens with one attached hydrogen (secondary N) is 1. The van der Waals surface area contributed by atoms with Crippen molar-refractivity contribution in [1.29, 1.82) is 0 Å². The number of methoxy groups -OCH3 is 1. The van der Waals surface area contributed by atoms with E-state index in [4.69, 9.17) is 4.74 Å². The summed E-state index contributed by atoms with van der Waals surface area (Å²) in [5.41, 5.74) is 1.37. The molecule has 0 spiro atoms. The Morgan fingerprint density at radius 2 is 2.00 bits per heavy atom. The van der Waals surface area contributed by atoms with Crippen LogP contribution in [0.15, 0.2) is 22.7 Å². The van der Waals surface area contributed by atoms with Gasteiger partial charge in [0.1, 0.15) is 5.82 Å². The monoisotopic (exact) mass is 345 g/mol. The van der Waals surface area contributed by atoms with Crippen LogP contribution in [0.2, 0.25) is 0 Å². The summed E-state index contributed by atoms with van der Waals surface area (Å²) in [5.74, 6) is -0.197. The molecule has 1 N–H and O–H groups in total. The van der Waals surface area contributed by atoms with Gasteiger partial charge in [0.05, 0.1) is 6.61 Å². The summed E-state index contributed by atoms with van der Waals surface area (Å²) in [6.07, 6.45) is 3.13. The highest BCUT2D eigenvalue weighted by Gasteiger charge is 2.27. The third kappa shape index (κ3) is 5.15. The van der Waals surface area contributed by atoms with Crippen molar-refractivity contribution in [2.75, 3.05) is 26.8 Å². The molecule has 0 unspecified atom stereocenters. The first-order chi connectivity index (χ1) is 9.56. The Morgan fingerprint density at radius 1 is 1.30 bits per heavy atom. The lowest BCUT2D eigenvalue weighted by molar-refractivity contribution is 0.185. The Balaban J connectivity index is 2.74. The fourth-order valence-corrected chi connectivity index (χ4v) is 2.90. The minimum Gasteiger partial charge on any atom is -0.383 e. The third-order valence-electron chi connectivity index (χ3n) is 4.06. The molecule has 20 heavy (non-hydrogen) atoms. The highest BCUT2D eigenvalue weighted by Crippen LogP contribution is 2.33. The molecule has 1 rings (SSSR count).